The Bertz CT molecular complexity index is 1220. The molecule has 188 valence electrons. The van der Waals surface area contributed by atoms with Gasteiger partial charge in [0.15, 0.2) is 0 Å². The van der Waals surface area contributed by atoms with Gasteiger partial charge in [0.05, 0.1) is 18.0 Å². The second-order valence-electron chi connectivity index (χ2n) is 7.91. The molecule has 0 aliphatic rings. The van der Waals surface area contributed by atoms with E-state index in [1.807, 2.05) is 0 Å². The van der Waals surface area contributed by atoms with Crippen LogP contribution in [0, 0.1) is 5.82 Å². The van der Waals surface area contributed by atoms with Crippen molar-refractivity contribution in [1.82, 2.24) is 5.32 Å². The number of alkyl halides is 2. The summed E-state index contributed by atoms with van der Waals surface area (Å²) in [6.45, 7) is -2.92. The minimum absolute atomic E-state index is 0.000633. The Balaban J connectivity index is 1.78. The normalized spacial score (nSPS) is 13.4. The summed E-state index contributed by atoms with van der Waals surface area (Å²) in [5.74, 6) is -0.674. The van der Waals surface area contributed by atoms with E-state index in [4.69, 9.17) is 0 Å². The highest BCUT2D eigenvalue weighted by Gasteiger charge is 2.18. The Hall–Kier alpha value is -3.28. The highest BCUT2D eigenvalue weighted by Crippen LogP contribution is 2.29. The van der Waals surface area contributed by atoms with Crippen molar-refractivity contribution < 1.29 is 36.5 Å². The van der Waals surface area contributed by atoms with Gasteiger partial charge >= 0.3 is 6.61 Å². The zero-order chi connectivity index (χ0) is 25.6. The van der Waals surface area contributed by atoms with Gasteiger partial charge in [0.25, 0.3) is 0 Å². The van der Waals surface area contributed by atoms with Crippen LogP contribution in [0.25, 0.3) is 0 Å². The number of aliphatic hydroxyl groups is 1. The molecule has 0 amide bonds. The molecule has 0 radical (unpaired) electrons. The van der Waals surface area contributed by atoms with Gasteiger partial charge in [-0.15, -0.1) is 0 Å². The number of rotatable bonds is 11. The molecule has 0 aliphatic heterocycles. The first-order chi connectivity index (χ1) is 16.5. The number of aliphatic hydroxyl groups excluding tert-OH is 1. The van der Waals surface area contributed by atoms with Gasteiger partial charge in [-0.3, -0.25) is 4.72 Å². The Morgan fingerprint density at radius 1 is 0.971 bits per heavy atom. The van der Waals surface area contributed by atoms with Gasteiger partial charge in [0.1, 0.15) is 17.3 Å². The molecule has 0 bridgehead atoms. The van der Waals surface area contributed by atoms with Crippen LogP contribution in [0.2, 0.25) is 0 Å². The number of sulfonamides is 1. The maximum atomic E-state index is 13.3. The number of halogens is 3. The first kappa shape index (κ1) is 26.3. The smallest absolute Gasteiger partial charge is 0.387 e. The lowest BCUT2D eigenvalue weighted by Crippen LogP contribution is -2.28. The van der Waals surface area contributed by atoms with E-state index in [9.17, 15) is 31.8 Å². The van der Waals surface area contributed by atoms with Gasteiger partial charge in [-0.25, -0.2) is 12.8 Å². The summed E-state index contributed by atoms with van der Waals surface area (Å²) in [7, 11) is -3.64. The number of phenolic OH excluding ortho intramolecular Hbond substituents is 1. The summed E-state index contributed by atoms with van der Waals surface area (Å²) in [4.78, 5) is 0. The van der Waals surface area contributed by atoms with Crippen molar-refractivity contribution in [1.29, 1.82) is 0 Å². The number of hydrogen-bond acceptors (Lipinski definition) is 6. The van der Waals surface area contributed by atoms with E-state index >= 15 is 0 Å². The highest BCUT2D eigenvalue weighted by atomic mass is 32.2. The van der Waals surface area contributed by atoms with Crippen LogP contribution in [-0.4, -0.2) is 38.0 Å². The molecular weight excluding hydrogens is 485 g/mol. The minimum Gasteiger partial charge on any atom is -0.506 e. The lowest BCUT2D eigenvalue weighted by Gasteiger charge is -2.22. The third-order valence-electron chi connectivity index (χ3n) is 5.12. The summed E-state index contributed by atoms with van der Waals surface area (Å²) < 4.78 is 67.9. The largest absolute Gasteiger partial charge is 0.506 e. The van der Waals surface area contributed by atoms with Crippen LogP contribution in [-0.2, 0) is 16.4 Å². The number of nitrogens with one attached hydrogen (secondary N) is 2. The molecule has 11 heteroatoms. The molecule has 0 fully saturated rings. The first-order valence-corrected chi connectivity index (χ1v) is 12.4. The van der Waals surface area contributed by atoms with E-state index in [0.717, 1.165) is 11.8 Å². The zero-order valence-electron chi connectivity index (χ0n) is 18.7. The van der Waals surface area contributed by atoms with Crippen LogP contribution in [0.15, 0.2) is 66.7 Å². The van der Waals surface area contributed by atoms with Crippen LogP contribution in [0.5, 0.6) is 11.5 Å². The quantitative estimate of drug-likeness (QED) is 0.289. The summed E-state index contributed by atoms with van der Waals surface area (Å²) in [5, 5.41) is 23.8. The first-order valence-electron chi connectivity index (χ1n) is 10.5. The van der Waals surface area contributed by atoms with Gasteiger partial charge in [0.2, 0.25) is 10.0 Å². The standard InChI is InChI=1S/C24H25F3N2O5S/c1-35(32,33)29-21-13-17(6-11-22(21)30)23(31)14-28-20(12-15-2-7-18(25)8-3-15)16-4-9-19(10-5-16)34-24(26)27/h2-11,13,20,23-24,28-31H,12,14H2,1H3/t20-,23+/m1/s1. The predicted octanol–water partition coefficient (Wildman–Crippen LogP) is 4.11. The van der Waals surface area contributed by atoms with Crippen LogP contribution in [0.3, 0.4) is 0 Å². The number of hydrogen-bond donors (Lipinski definition) is 4. The molecule has 3 aromatic rings. The van der Waals surface area contributed by atoms with E-state index < -0.39 is 22.7 Å². The third kappa shape index (κ3) is 8.16. The van der Waals surface area contributed by atoms with E-state index in [0.29, 0.717) is 17.5 Å². The van der Waals surface area contributed by atoms with Crippen LogP contribution >= 0.6 is 0 Å². The number of aromatic hydroxyl groups is 1. The Morgan fingerprint density at radius 2 is 1.60 bits per heavy atom. The van der Waals surface area contributed by atoms with E-state index in [1.54, 1.807) is 24.3 Å². The van der Waals surface area contributed by atoms with Crippen molar-refractivity contribution in [3.05, 3.63) is 89.2 Å². The van der Waals surface area contributed by atoms with Crippen molar-refractivity contribution in [2.24, 2.45) is 0 Å². The molecule has 7 nitrogen and oxygen atoms in total. The number of phenols is 1. The Morgan fingerprint density at radius 3 is 2.20 bits per heavy atom. The van der Waals surface area contributed by atoms with Crippen molar-refractivity contribution in [3.63, 3.8) is 0 Å². The maximum absolute atomic E-state index is 13.3. The molecule has 35 heavy (non-hydrogen) atoms. The van der Waals surface area contributed by atoms with Crippen LogP contribution in [0.1, 0.15) is 28.8 Å². The summed E-state index contributed by atoms with van der Waals surface area (Å²) >= 11 is 0. The predicted molar refractivity (Wildman–Crippen MR) is 125 cm³/mol. The van der Waals surface area contributed by atoms with Gasteiger partial charge in [-0.1, -0.05) is 30.3 Å². The molecular formula is C24H25F3N2O5S. The second-order valence-corrected chi connectivity index (χ2v) is 9.65. The highest BCUT2D eigenvalue weighted by molar-refractivity contribution is 7.92. The average molecular weight is 511 g/mol. The van der Waals surface area contributed by atoms with Gasteiger partial charge < -0.3 is 20.3 Å². The van der Waals surface area contributed by atoms with Crippen LogP contribution in [0.4, 0.5) is 18.9 Å². The fraction of sp³-hybridized carbons (Fsp3) is 0.250. The maximum Gasteiger partial charge on any atom is 0.387 e. The second kappa shape index (κ2) is 11.4. The van der Waals surface area contributed by atoms with Crippen molar-refractivity contribution in [2.45, 2.75) is 25.2 Å². The van der Waals surface area contributed by atoms with E-state index in [-0.39, 0.29) is 35.6 Å². The van der Waals surface area contributed by atoms with E-state index in [1.165, 1.54) is 42.5 Å². The SMILES string of the molecule is CS(=O)(=O)Nc1cc([C@@H](O)CN[C@H](Cc2ccc(F)cc2)c2ccc(OC(F)F)cc2)ccc1O. The van der Waals surface area contributed by atoms with Crippen molar-refractivity contribution in [3.8, 4) is 11.5 Å². The van der Waals surface area contributed by atoms with Crippen molar-refractivity contribution in [2.75, 3.05) is 17.5 Å². The molecule has 3 aromatic carbocycles. The molecule has 0 saturated carbocycles. The fourth-order valence-electron chi connectivity index (χ4n) is 3.46. The molecule has 3 rings (SSSR count). The summed E-state index contributed by atoms with van der Waals surface area (Å²) in [5.41, 5.74) is 1.80. The molecule has 4 N–H and O–H groups in total. The molecule has 0 heterocycles. The summed E-state index contributed by atoms with van der Waals surface area (Å²) in [6, 6.07) is 15.6. The lowest BCUT2D eigenvalue weighted by atomic mass is 9.98. The van der Waals surface area contributed by atoms with E-state index in [2.05, 4.69) is 14.8 Å². The molecule has 0 unspecified atom stereocenters. The topological polar surface area (TPSA) is 108 Å². The summed E-state index contributed by atoms with van der Waals surface area (Å²) in [6.07, 6.45) is 0.265. The number of benzene rings is 3. The monoisotopic (exact) mass is 510 g/mol. The Labute approximate surface area is 201 Å². The van der Waals surface area contributed by atoms with Gasteiger partial charge in [-0.05, 0) is 59.5 Å². The fourth-order valence-corrected chi connectivity index (χ4v) is 4.02. The average Bonchev–Trinajstić information content (AvgIpc) is 2.78. The molecule has 0 aliphatic carbocycles. The lowest BCUT2D eigenvalue weighted by molar-refractivity contribution is -0.0498. The molecule has 2 atom stereocenters. The Kier molecular flexibility index (Phi) is 8.60. The number of ether oxygens (including phenoxy) is 1. The third-order valence-corrected chi connectivity index (χ3v) is 5.71. The molecule has 0 aromatic heterocycles. The van der Waals surface area contributed by atoms with Crippen LogP contribution < -0.4 is 14.8 Å². The van der Waals surface area contributed by atoms with Gasteiger partial charge in [0, 0.05) is 12.6 Å². The molecule has 0 spiro atoms. The van der Waals surface area contributed by atoms with Crippen molar-refractivity contribution >= 4 is 15.7 Å². The van der Waals surface area contributed by atoms with Gasteiger partial charge in [-0.2, -0.15) is 8.78 Å². The number of anilines is 1. The molecule has 0 saturated heterocycles. The minimum atomic E-state index is -3.64. The zero-order valence-corrected chi connectivity index (χ0v) is 19.5.